The highest BCUT2D eigenvalue weighted by atomic mass is 16.7. The predicted molar refractivity (Wildman–Crippen MR) is 97.0 cm³/mol. The van der Waals surface area contributed by atoms with Crippen molar-refractivity contribution in [2.24, 2.45) is 4.99 Å². The predicted octanol–water partition coefficient (Wildman–Crippen LogP) is 3.21. The number of hydrogen-bond acceptors (Lipinski definition) is 6. The summed E-state index contributed by atoms with van der Waals surface area (Å²) < 4.78 is 6.10. The molecule has 0 atom stereocenters. The van der Waals surface area contributed by atoms with Crippen molar-refractivity contribution >= 4 is 17.7 Å². The van der Waals surface area contributed by atoms with Gasteiger partial charge in [0.25, 0.3) is 0 Å². The molecular formula is C19H20N4O2. The first kappa shape index (κ1) is 15.7. The Morgan fingerprint density at radius 3 is 2.84 bits per heavy atom. The van der Waals surface area contributed by atoms with Gasteiger partial charge in [-0.15, -0.1) is 0 Å². The maximum absolute atomic E-state index is 6.10. The minimum atomic E-state index is 0.588. The van der Waals surface area contributed by atoms with Gasteiger partial charge in [-0.3, -0.25) is 4.84 Å². The molecule has 3 heterocycles. The number of anilines is 1. The van der Waals surface area contributed by atoms with E-state index in [0.717, 1.165) is 34.9 Å². The van der Waals surface area contributed by atoms with E-state index in [-0.39, 0.29) is 0 Å². The molecule has 6 nitrogen and oxygen atoms in total. The van der Waals surface area contributed by atoms with Crippen LogP contribution in [0.5, 0.6) is 5.75 Å². The summed E-state index contributed by atoms with van der Waals surface area (Å²) in [5.74, 6) is 1.60. The Hall–Kier alpha value is -2.86. The quantitative estimate of drug-likeness (QED) is 0.839. The first-order valence-electron chi connectivity index (χ1n) is 8.27. The Morgan fingerprint density at radius 1 is 1.20 bits per heavy atom. The second kappa shape index (κ2) is 6.57. The molecular weight excluding hydrogens is 316 g/mol. The van der Waals surface area contributed by atoms with E-state index in [1.807, 2.05) is 43.7 Å². The van der Waals surface area contributed by atoms with Crippen LogP contribution in [0.1, 0.15) is 11.1 Å². The lowest BCUT2D eigenvalue weighted by Gasteiger charge is -2.26. The zero-order valence-electron chi connectivity index (χ0n) is 14.3. The van der Waals surface area contributed by atoms with Crippen LogP contribution in [0.4, 0.5) is 11.5 Å². The number of nitrogens with zero attached hydrogens (tertiary/aromatic N) is 4. The van der Waals surface area contributed by atoms with Crippen LogP contribution < -0.4 is 9.64 Å². The summed E-state index contributed by atoms with van der Waals surface area (Å²) >= 11 is 0. The maximum atomic E-state index is 6.10. The van der Waals surface area contributed by atoms with Crippen molar-refractivity contribution in [2.45, 2.75) is 13.3 Å². The summed E-state index contributed by atoms with van der Waals surface area (Å²) in [5.41, 5.74) is 3.98. The van der Waals surface area contributed by atoms with Crippen LogP contribution in [0.15, 0.2) is 53.4 Å². The maximum Gasteiger partial charge on any atom is 0.164 e. The Labute approximate surface area is 147 Å². The molecule has 2 aliphatic rings. The first-order chi connectivity index (χ1) is 12.3. The van der Waals surface area contributed by atoms with E-state index in [4.69, 9.17) is 9.57 Å². The number of allylic oxidation sites excluding steroid dienone is 1. The lowest BCUT2D eigenvalue weighted by molar-refractivity contribution is -0.0790. The molecule has 25 heavy (non-hydrogen) atoms. The average molecular weight is 336 g/mol. The SMILES string of the molecule is CON1C=C2C=Nc3c(ncc(C)c3OCCc3ccccc3)N2C1. The van der Waals surface area contributed by atoms with Crippen molar-refractivity contribution in [3.8, 4) is 5.75 Å². The summed E-state index contributed by atoms with van der Waals surface area (Å²) in [7, 11) is 1.65. The Bertz CT molecular complexity index is 833. The van der Waals surface area contributed by atoms with Gasteiger partial charge in [-0.1, -0.05) is 30.3 Å². The average Bonchev–Trinajstić information content (AvgIpc) is 3.08. The fourth-order valence-corrected chi connectivity index (χ4v) is 2.99. The minimum Gasteiger partial charge on any atom is -0.490 e. The summed E-state index contributed by atoms with van der Waals surface area (Å²) in [6.45, 7) is 3.19. The fraction of sp³-hybridized carbons (Fsp3) is 0.263. The van der Waals surface area contributed by atoms with Gasteiger partial charge in [0.2, 0.25) is 0 Å². The third-order valence-electron chi connectivity index (χ3n) is 4.33. The molecule has 2 aliphatic heterocycles. The number of pyridine rings is 1. The molecule has 4 rings (SSSR count). The molecule has 0 radical (unpaired) electrons. The van der Waals surface area contributed by atoms with Crippen LogP contribution in [-0.4, -0.2) is 36.6 Å². The summed E-state index contributed by atoms with van der Waals surface area (Å²) in [4.78, 5) is 16.5. The first-order valence-corrected chi connectivity index (χ1v) is 8.27. The molecule has 0 amide bonds. The number of hydroxylamine groups is 2. The van der Waals surface area contributed by atoms with Crippen LogP contribution in [0, 0.1) is 6.92 Å². The molecule has 128 valence electrons. The van der Waals surface area contributed by atoms with Crippen molar-refractivity contribution in [3.63, 3.8) is 0 Å². The highest BCUT2D eigenvalue weighted by Gasteiger charge is 2.29. The second-order valence-corrected chi connectivity index (χ2v) is 6.01. The van der Waals surface area contributed by atoms with Gasteiger partial charge in [0.15, 0.2) is 11.6 Å². The highest BCUT2D eigenvalue weighted by Crippen LogP contribution is 2.43. The highest BCUT2D eigenvalue weighted by molar-refractivity contribution is 5.94. The minimum absolute atomic E-state index is 0.588. The summed E-state index contributed by atoms with van der Waals surface area (Å²) in [5, 5.41) is 1.74. The second-order valence-electron chi connectivity index (χ2n) is 6.01. The normalized spacial score (nSPS) is 15.0. The monoisotopic (exact) mass is 336 g/mol. The molecule has 0 saturated heterocycles. The number of hydrogen-bond donors (Lipinski definition) is 0. The molecule has 2 aromatic rings. The molecule has 1 aromatic carbocycles. The third-order valence-corrected chi connectivity index (χ3v) is 4.33. The molecule has 0 saturated carbocycles. The van der Waals surface area contributed by atoms with Crippen molar-refractivity contribution in [2.75, 3.05) is 25.3 Å². The van der Waals surface area contributed by atoms with Gasteiger partial charge >= 0.3 is 0 Å². The van der Waals surface area contributed by atoms with Gasteiger partial charge in [0.1, 0.15) is 12.4 Å². The van der Waals surface area contributed by atoms with Crippen LogP contribution in [0.2, 0.25) is 0 Å². The van der Waals surface area contributed by atoms with Gasteiger partial charge in [-0.05, 0) is 12.5 Å². The number of aromatic nitrogens is 1. The molecule has 0 fully saturated rings. The van der Waals surface area contributed by atoms with E-state index < -0.39 is 0 Å². The van der Waals surface area contributed by atoms with Crippen LogP contribution in [0.3, 0.4) is 0 Å². The van der Waals surface area contributed by atoms with Crippen LogP contribution >= 0.6 is 0 Å². The van der Waals surface area contributed by atoms with Gasteiger partial charge < -0.3 is 9.64 Å². The molecule has 0 aliphatic carbocycles. The molecule has 0 spiro atoms. The van der Waals surface area contributed by atoms with E-state index in [2.05, 4.69) is 27.0 Å². The Morgan fingerprint density at radius 2 is 2.04 bits per heavy atom. The lowest BCUT2D eigenvalue weighted by atomic mass is 10.1. The van der Waals surface area contributed by atoms with E-state index in [1.54, 1.807) is 12.2 Å². The van der Waals surface area contributed by atoms with Crippen molar-refractivity contribution in [1.82, 2.24) is 10.0 Å². The fourth-order valence-electron chi connectivity index (χ4n) is 2.99. The molecule has 0 unspecified atom stereocenters. The smallest absolute Gasteiger partial charge is 0.164 e. The van der Waals surface area contributed by atoms with Crippen molar-refractivity contribution in [1.29, 1.82) is 0 Å². The topological polar surface area (TPSA) is 50.2 Å². The molecule has 0 bridgehead atoms. The summed E-state index contributed by atoms with van der Waals surface area (Å²) in [6, 6.07) is 10.3. The number of benzene rings is 1. The van der Waals surface area contributed by atoms with Gasteiger partial charge in [0.05, 0.1) is 31.8 Å². The van der Waals surface area contributed by atoms with E-state index in [1.165, 1.54) is 5.56 Å². The Balaban J connectivity index is 1.56. The number of aryl methyl sites for hydroxylation is 1. The Kier molecular flexibility index (Phi) is 4.11. The zero-order chi connectivity index (χ0) is 17.2. The van der Waals surface area contributed by atoms with Gasteiger partial charge in [-0.2, -0.15) is 0 Å². The van der Waals surface area contributed by atoms with Gasteiger partial charge in [0, 0.05) is 18.2 Å². The third kappa shape index (κ3) is 2.96. The standard InChI is InChI=1S/C19H20N4O2/c1-14-10-21-19-17(20-11-16-12-22(24-2)13-23(16)19)18(14)25-9-8-15-6-4-3-5-7-15/h3-7,10-12H,8-9,13H2,1-2H3. The lowest BCUT2D eigenvalue weighted by Crippen LogP contribution is -2.28. The molecule has 1 aromatic heterocycles. The number of fused-ring (bicyclic) bond motifs is 3. The van der Waals surface area contributed by atoms with Crippen LogP contribution in [0.25, 0.3) is 0 Å². The summed E-state index contributed by atoms with van der Waals surface area (Å²) in [6.07, 6.45) is 6.43. The van der Waals surface area contributed by atoms with Crippen molar-refractivity contribution < 1.29 is 9.57 Å². The molecule has 6 heteroatoms. The van der Waals surface area contributed by atoms with E-state index >= 15 is 0 Å². The zero-order valence-corrected chi connectivity index (χ0v) is 14.3. The van der Waals surface area contributed by atoms with Crippen LogP contribution in [-0.2, 0) is 11.3 Å². The van der Waals surface area contributed by atoms with E-state index in [9.17, 15) is 0 Å². The molecule has 0 N–H and O–H groups in total. The largest absolute Gasteiger partial charge is 0.490 e. The number of aliphatic imine (C=N–C) groups is 1. The van der Waals surface area contributed by atoms with E-state index in [0.29, 0.717) is 13.3 Å². The van der Waals surface area contributed by atoms with Crippen molar-refractivity contribution in [3.05, 3.63) is 59.6 Å². The number of ether oxygens (including phenoxy) is 1. The van der Waals surface area contributed by atoms with Gasteiger partial charge in [-0.25, -0.2) is 15.0 Å². The number of rotatable bonds is 5.